The molecule has 1 amide bonds. The Morgan fingerprint density at radius 3 is 1.04 bits per heavy atom. The lowest BCUT2D eigenvalue weighted by Gasteiger charge is -2.25. The van der Waals surface area contributed by atoms with E-state index in [1.54, 1.807) is 6.08 Å². The zero-order valence-electron chi connectivity index (χ0n) is 57.1. The topological polar surface area (TPSA) is 105 Å². The Morgan fingerprint density at radius 2 is 0.706 bits per heavy atom. The van der Waals surface area contributed by atoms with Crippen LogP contribution >= 0.6 is 7.82 Å². The van der Waals surface area contributed by atoms with E-state index in [0.29, 0.717) is 17.4 Å². The molecule has 0 fully saturated rings. The Hall–Kier alpha value is -2.06. The summed E-state index contributed by atoms with van der Waals surface area (Å²) in [5, 5.41) is 14.0. The summed E-state index contributed by atoms with van der Waals surface area (Å²) in [5.41, 5.74) is 0. The second-order valence-electron chi connectivity index (χ2n) is 26.3. The fourth-order valence-corrected chi connectivity index (χ4v) is 11.8. The Morgan fingerprint density at radius 1 is 0.412 bits per heavy atom. The van der Waals surface area contributed by atoms with Gasteiger partial charge in [0.25, 0.3) is 0 Å². The minimum Gasteiger partial charge on any atom is -0.387 e. The van der Waals surface area contributed by atoms with Crippen LogP contribution in [0.15, 0.2) is 72.9 Å². The molecule has 0 aromatic rings. The van der Waals surface area contributed by atoms with Crippen molar-refractivity contribution >= 4 is 13.7 Å². The maximum absolute atomic E-state index is 13.1. The molecule has 0 aromatic carbocycles. The highest BCUT2D eigenvalue weighted by Gasteiger charge is 2.28. The number of hydrogen-bond acceptors (Lipinski definition) is 5. The van der Waals surface area contributed by atoms with Crippen LogP contribution in [0.3, 0.4) is 0 Å². The Labute approximate surface area is 529 Å². The van der Waals surface area contributed by atoms with Crippen molar-refractivity contribution in [1.29, 1.82) is 0 Å². The van der Waals surface area contributed by atoms with Crippen LogP contribution in [-0.2, 0) is 18.4 Å². The number of allylic oxidation sites excluding steroid dienone is 11. The van der Waals surface area contributed by atoms with Crippen LogP contribution in [0, 0.1) is 0 Å². The molecule has 0 aliphatic heterocycles. The molecular weight excluding hydrogens is 1070 g/mol. The van der Waals surface area contributed by atoms with Crippen molar-refractivity contribution < 1.29 is 32.9 Å². The average Bonchev–Trinajstić information content (AvgIpc) is 3.49. The van der Waals surface area contributed by atoms with Gasteiger partial charge in [-0.2, -0.15) is 0 Å². The van der Waals surface area contributed by atoms with E-state index in [0.717, 1.165) is 70.6 Å². The Balaban J connectivity index is 4.04. The number of phosphoric ester groups is 1. The maximum Gasteiger partial charge on any atom is 0.472 e. The zero-order chi connectivity index (χ0) is 61.9. The predicted molar refractivity (Wildman–Crippen MR) is 373 cm³/mol. The van der Waals surface area contributed by atoms with Crippen LogP contribution in [0.5, 0.6) is 0 Å². The van der Waals surface area contributed by atoms with Gasteiger partial charge in [0.2, 0.25) is 5.91 Å². The number of nitrogens with zero attached hydrogens (tertiary/aromatic N) is 1. The molecule has 498 valence electrons. The molecule has 0 spiro atoms. The zero-order valence-corrected chi connectivity index (χ0v) is 58.0. The number of amides is 1. The van der Waals surface area contributed by atoms with Crippen LogP contribution in [-0.4, -0.2) is 73.4 Å². The molecule has 3 unspecified atom stereocenters. The number of unbranched alkanes of at least 4 members (excludes halogenated alkanes) is 45. The number of carbonyl (C=O) groups is 1. The predicted octanol–water partition coefficient (Wildman–Crippen LogP) is 23.7. The SMILES string of the molecule is CC/C=C\C/C=C\C/C=C\C/C=C\C/C=C\CCCCCCCCCCCCCCCCCC(=O)NC(COP(=O)(O)OCC[N+](C)(C)C)C(O)/C=C/CCCCCCCCCCCCCCCCCCCCCCCCCCCCCCCC. The van der Waals surface area contributed by atoms with Gasteiger partial charge >= 0.3 is 7.82 Å². The van der Waals surface area contributed by atoms with Crippen molar-refractivity contribution in [2.45, 2.75) is 366 Å². The van der Waals surface area contributed by atoms with Crippen molar-refractivity contribution in [2.24, 2.45) is 0 Å². The number of likely N-dealkylation sites (N-methyl/N-ethyl adjacent to an activating group) is 1. The maximum atomic E-state index is 13.1. The minimum absolute atomic E-state index is 0.0606. The number of aliphatic hydroxyl groups excluding tert-OH is 1. The van der Waals surface area contributed by atoms with E-state index >= 15 is 0 Å². The van der Waals surface area contributed by atoms with Gasteiger partial charge in [-0.05, 0) is 64.2 Å². The van der Waals surface area contributed by atoms with E-state index in [-0.39, 0.29) is 19.1 Å². The van der Waals surface area contributed by atoms with Crippen LogP contribution in [0.2, 0.25) is 0 Å². The van der Waals surface area contributed by atoms with Gasteiger partial charge in [0.15, 0.2) is 0 Å². The molecule has 85 heavy (non-hydrogen) atoms. The van der Waals surface area contributed by atoms with Gasteiger partial charge in [0.1, 0.15) is 13.2 Å². The van der Waals surface area contributed by atoms with E-state index in [1.807, 2.05) is 27.2 Å². The summed E-state index contributed by atoms with van der Waals surface area (Å²) in [4.78, 5) is 23.5. The number of hydrogen-bond donors (Lipinski definition) is 3. The molecule has 0 aromatic heterocycles. The smallest absolute Gasteiger partial charge is 0.387 e. The monoisotopic (exact) mass is 1210 g/mol. The third-order valence-corrected chi connectivity index (χ3v) is 17.7. The van der Waals surface area contributed by atoms with Crippen molar-refractivity contribution in [3.05, 3.63) is 72.9 Å². The first-order valence-electron chi connectivity index (χ1n) is 36.8. The van der Waals surface area contributed by atoms with Gasteiger partial charge in [-0.25, -0.2) is 4.57 Å². The molecule has 0 bridgehead atoms. The number of phosphoric acid groups is 1. The van der Waals surface area contributed by atoms with Gasteiger partial charge in [-0.15, -0.1) is 0 Å². The first-order chi connectivity index (χ1) is 41.5. The van der Waals surface area contributed by atoms with Crippen molar-refractivity contribution in [3.63, 3.8) is 0 Å². The standard InChI is InChI=1S/C76H143N2O6P/c1-6-8-10-12-14-16-18-20-22-24-26-28-30-32-34-36-38-40-41-43-45-47-49-51-53-55-57-59-61-63-65-67-69-75(79)74(73-84-85(81,82)83-72-71-78(3,4)5)77-76(80)70-68-66-64-62-60-58-56-54-52-50-48-46-44-42-39-37-35-33-31-29-27-25-23-21-19-17-15-13-11-9-7-2/h9,11,15,17,21,23,27,29,33,35,67,69,74-75,79H,6-8,10,12-14,16,18-20,22,24-26,28,30-32,34,36-66,68,70-73H2,1-5H3,(H-,77,80,81,82)/p+1/b11-9-,17-15-,23-21-,29-27-,35-33-,69-67+. The normalized spacial score (nSPS) is 14.0. The number of quaternary nitrogens is 1. The first-order valence-corrected chi connectivity index (χ1v) is 38.3. The molecule has 3 atom stereocenters. The number of aliphatic hydroxyl groups is 1. The molecule has 8 nitrogen and oxygen atoms in total. The van der Waals surface area contributed by atoms with Crippen molar-refractivity contribution in [3.8, 4) is 0 Å². The molecule has 0 saturated heterocycles. The van der Waals surface area contributed by atoms with E-state index in [2.05, 4.69) is 79.9 Å². The third-order valence-electron chi connectivity index (χ3n) is 16.7. The van der Waals surface area contributed by atoms with Crippen molar-refractivity contribution in [1.82, 2.24) is 5.32 Å². The number of nitrogens with one attached hydrogen (secondary N) is 1. The highest BCUT2D eigenvalue weighted by molar-refractivity contribution is 7.47. The highest BCUT2D eigenvalue weighted by Crippen LogP contribution is 2.43. The van der Waals surface area contributed by atoms with Crippen LogP contribution in [0.1, 0.15) is 354 Å². The van der Waals surface area contributed by atoms with Gasteiger partial charge in [-0.1, -0.05) is 356 Å². The van der Waals surface area contributed by atoms with Gasteiger partial charge < -0.3 is 19.8 Å². The lowest BCUT2D eigenvalue weighted by molar-refractivity contribution is -0.870. The summed E-state index contributed by atoms with van der Waals surface area (Å²) in [6, 6.07) is -0.852. The highest BCUT2D eigenvalue weighted by atomic mass is 31.2. The fourth-order valence-electron chi connectivity index (χ4n) is 11.0. The summed E-state index contributed by atoms with van der Waals surface area (Å²) < 4.78 is 23.9. The molecule has 3 N–H and O–H groups in total. The lowest BCUT2D eigenvalue weighted by atomic mass is 10.0. The molecule has 9 heteroatoms. The van der Waals surface area contributed by atoms with E-state index in [9.17, 15) is 19.4 Å². The second kappa shape index (κ2) is 66.4. The molecule has 0 aliphatic rings. The molecule has 0 saturated carbocycles. The van der Waals surface area contributed by atoms with Crippen molar-refractivity contribution in [2.75, 3.05) is 40.9 Å². The largest absolute Gasteiger partial charge is 0.472 e. The molecular formula is C76H144N2O6P+. The van der Waals surface area contributed by atoms with Gasteiger partial charge in [-0.3, -0.25) is 13.8 Å². The Bertz CT molecular complexity index is 1620. The van der Waals surface area contributed by atoms with E-state index < -0.39 is 20.0 Å². The van der Waals surface area contributed by atoms with Gasteiger partial charge in [0.05, 0.1) is 39.9 Å². The summed E-state index contributed by atoms with van der Waals surface area (Å²) in [5.74, 6) is -0.174. The molecule has 0 radical (unpaired) electrons. The quantitative estimate of drug-likeness (QED) is 0.0243. The minimum atomic E-state index is -4.36. The van der Waals surface area contributed by atoms with Crippen LogP contribution in [0.25, 0.3) is 0 Å². The fraction of sp³-hybridized carbons (Fsp3) is 0.829. The van der Waals surface area contributed by atoms with E-state index in [4.69, 9.17) is 9.05 Å². The third kappa shape index (κ3) is 69.3. The molecule has 0 heterocycles. The number of rotatable bonds is 68. The van der Waals surface area contributed by atoms with Crippen LogP contribution < -0.4 is 5.32 Å². The summed E-state index contributed by atoms with van der Waals surface area (Å²) in [6.07, 6.45) is 93.5. The first kappa shape index (κ1) is 82.9. The number of carbonyl (C=O) groups excluding carboxylic acids is 1. The lowest BCUT2D eigenvalue weighted by Crippen LogP contribution is -2.45. The summed E-state index contributed by atoms with van der Waals surface area (Å²) in [6.45, 7) is 4.75. The molecule has 0 rings (SSSR count). The second-order valence-corrected chi connectivity index (χ2v) is 27.7. The average molecular weight is 1210 g/mol. The van der Waals surface area contributed by atoms with E-state index in [1.165, 1.54) is 263 Å². The summed E-state index contributed by atoms with van der Waals surface area (Å²) in [7, 11) is 1.58. The summed E-state index contributed by atoms with van der Waals surface area (Å²) >= 11 is 0. The van der Waals surface area contributed by atoms with Gasteiger partial charge in [0, 0.05) is 6.42 Å². The molecule has 0 aliphatic carbocycles. The Kier molecular flexibility index (Phi) is 64.8. The van der Waals surface area contributed by atoms with Crippen LogP contribution in [0.4, 0.5) is 0 Å².